The minimum Gasteiger partial charge on any atom is -0.379 e. The zero-order chi connectivity index (χ0) is 18.4. The van der Waals surface area contributed by atoms with Crippen molar-refractivity contribution in [1.82, 2.24) is 14.7 Å². The Kier molecular flexibility index (Phi) is 7.24. The van der Waals surface area contributed by atoms with Gasteiger partial charge in [0.1, 0.15) is 6.10 Å². The number of hydrogen-bond acceptors (Lipinski definition) is 6. The highest BCUT2D eigenvalue weighted by Crippen LogP contribution is 2.14. The van der Waals surface area contributed by atoms with E-state index in [2.05, 4.69) is 4.90 Å². The molecule has 0 bridgehead atoms. The summed E-state index contributed by atoms with van der Waals surface area (Å²) in [6.07, 6.45) is 1.73. The van der Waals surface area contributed by atoms with E-state index in [4.69, 9.17) is 14.2 Å². The van der Waals surface area contributed by atoms with E-state index in [1.165, 1.54) is 0 Å². The van der Waals surface area contributed by atoms with E-state index in [0.29, 0.717) is 52.5 Å². The summed E-state index contributed by atoms with van der Waals surface area (Å²) in [4.78, 5) is 30.8. The Labute approximate surface area is 155 Å². The van der Waals surface area contributed by atoms with Gasteiger partial charge in [0, 0.05) is 45.9 Å². The fourth-order valence-electron chi connectivity index (χ4n) is 3.58. The predicted octanol–water partition coefficient (Wildman–Crippen LogP) is -0.426. The highest BCUT2D eigenvalue weighted by Gasteiger charge is 2.29. The largest absolute Gasteiger partial charge is 0.379 e. The molecule has 2 unspecified atom stereocenters. The molecule has 3 rings (SSSR count). The van der Waals surface area contributed by atoms with Gasteiger partial charge in [-0.3, -0.25) is 14.5 Å². The molecular weight excluding hydrogens is 338 g/mol. The molecule has 0 spiro atoms. The second-order valence-electron chi connectivity index (χ2n) is 7.21. The summed E-state index contributed by atoms with van der Waals surface area (Å²) in [6.45, 7) is 8.84. The highest BCUT2D eigenvalue weighted by atomic mass is 16.5. The summed E-state index contributed by atoms with van der Waals surface area (Å²) in [5.41, 5.74) is 0. The summed E-state index contributed by atoms with van der Waals surface area (Å²) >= 11 is 0. The van der Waals surface area contributed by atoms with Gasteiger partial charge in [-0.2, -0.15) is 0 Å². The zero-order valence-electron chi connectivity index (χ0n) is 15.7. The molecule has 0 N–H and O–H groups in total. The molecule has 8 nitrogen and oxygen atoms in total. The number of piperazine rings is 1. The van der Waals surface area contributed by atoms with E-state index in [-0.39, 0.29) is 17.9 Å². The van der Waals surface area contributed by atoms with Crippen molar-refractivity contribution in [3.05, 3.63) is 0 Å². The van der Waals surface area contributed by atoms with Crippen molar-refractivity contribution in [2.75, 3.05) is 72.2 Å². The summed E-state index contributed by atoms with van der Waals surface area (Å²) in [5, 5.41) is 0. The fraction of sp³-hybridized carbons (Fsp3) is 0.889. The van der Waals surface area contributed by atoms with E-state index in [1.54, 1.807) is 11.8 Å². The van der Waals surface area contributed by atoms with Crippen molar-refractivity contribution in [3.63, 3.8) is 0 Å². The number of rotatable bonds is 6. The van der Waals surface area contributed by atoms with Crippen LogP contribution in [0.5, 0.6) is 0 Å². The van der Waals surface area contributed by atoms with Gasteiger partial charge in [-0.1, -0.05) is 0 Å². The lowest BCUT2D eigenvalue weighted by molar-refractivity contribution is -0.149. The van der Waals surface area contributed by atoms with Crippen molar-refractivity contribution >= 4 is 11.8 Å². The maximum Gasteiger partial charge on any atom is 0.251 e. The third-order valence-corrected chi connectivity index (χ3v) is 5.31. The molecule has 26 heavy (non-hydrogen) atoms. The Hall–Kier alpha value is -1.22. The highest BCUT2D eigenvalue weighted by molar-refractivity contribution is 5.81. The Bertz CT molecular complexity index is 469. The smallest absolute Gasteiger partial charge is 0.251 e. The molecule has 3 saturated heterocycles. The molecule has 3 aliphatic rings. The number of ether oxygens (including phenoxy) is 3. The van der Waals surface area contributed by atoms with Crippen LogP contribution < -0.4 is 0 Å². The Morgan fingerprint density at radius 2 is 1.73 bits per heavy atom. The molecule has 0 aromatic heterocycles. The molecule has 2 amide bonds. The minimum absolute atomic E-state index is 0.00303. The summed E-state index contributed by atoms with van der Waals surface area (Å²) in [5.74, 6) is 0.143. The Morgan fingerprint density at radius 1 is 1.04 bits per heavy atom. The van der Waals surface area contributed by atoms with Gasteiger partial charge in [0.05, 0.1) is 32.5 Å². The fourth-order valence-corrected chi connectivity index (χ4v) is 3.58. The van der Waals surface area contributed by atoms with Crippen molar-refractivity contribution in [3.8, 4) is 0 Å². The third kappa shape index (κ3) is 5.39. The van der Waals surface area contributed by atoms with Crippen LogP contribution in [0.15, 0.2) is 0 Å². The molecule has 3 fully saturated rings. The number of carbonyl (C=O) groups excluding carboxylic acids is 2. The van der Waals surface area contributed by atoms with Gasteiger partial charge in [0.25, 0.3) is 5.91 Å². The summed E-state index contributed by atoms with van der Waals surface area (Å²) in [6, 6.07) is 0. The molecule has 0 aromatic rings. The molecule has 0 saturated carbocycles. The van der Waals surface area contributed by atoms with Crippen LogP contribution in [0.2, 0.25) is 0 Å². The summed E-state index contributed by atoms with van der Waals surface area (Å²) < 4.78 is 16.5. The second-order valence-corrected chi connectivity index (χ2v) is 7.21. The van der Waals surface area contributed by atoms with Crippen molar-refractivity contribution in [2.45, 2.75) is 32.0 Å². The molecule has 3 aliphatic heterocycles. The number of hydrogen-bond donors (Lipinski definition) is 0. The van der Waals surface area contributed by atoms with E-state index in [0.717, 1.165) is 32.5 Å². The van der Waals surface area contributed by atoms with Crippen molar-refractivity contribution < 1.29 is 23.8 Å². The van der Waals surface area contributed by atoms with Crippen LogP contribution in [0.1, 0.15) is 19.8 Å². The lowest BCUT2D eigenvalue weighted by Crippen LogP contribution is -2.55. The zero-order valence-corrected chi connectivity index (χ0v) is 15.7. The van der Waals surface area contributed by atoms with Crippen LogP contribution in [0, 0.1) is 0 Å². The lowest BCUT2D eigenvalue weighted by Gasteiger charge is -2.37. The van der Waals surface area contributed by atoms with Crippen LogP contribution in [-0.4, -0.2) is 111 Å². The number of nitrogens with zero attached hydrogens (tertiary/aromatic N) is 3. The van der Waals surface area contributed by atoms with Gasteiger partial charge in [0.2, 0.25) is 5.91 Å². The van der Waals surface area contributed by atoms with Gasteiger partial charge < -0.3 is 24.0 Å². The molecule has 8 heteroatoms. The Morgan fingerprint density at radius 3 is 2.38 bits per heavy atom. The molecule has 3 heterocycles. The van der Waals surface area contributed by atoms with E-state index in [1.807, 2.05) is 4.90 Å². The average molecular weight is 369 g/mol. The van der Waals surface area contributed by atoms with Crippen molar-refractivity contribution in [1.29, 1.82) is 0 Å². The topological polar surface area (TPSA) is 71.6 Å². The first-order valence-corrected chi connectivity index (χ1v) is 9.73. The quantitative estimate of drug-likeness (QED) is 0.633. The molecule has 0 radical (unpaired) electrons. The predicted molar refractivity (Wildman–Crippen MR) is 94.8 cm³/mol. The molecule has 0 aliphatic carbocycles. The van der Waals surface area contributed by atoms with Crippen LogP contribution in [-0.2, 0) is 23.8 Å². The molecular formula is C18H31N3O5. The van der Waals surface area contributed by atoms with E-state index >= 15 is 0 Å². The molecule has 0 aromatic carbocycles. The monoisotopic (exact) mass is 369 g/mol. The second kappa shape index (κ2) is 9.64. The van der Waals surface area contributed by atoms with Gasteiger partial charge in [0.15, 0.2) is 0 Å². The Balaban J connectivity index is 1.36. The van der Waals surface area contributed by atoms with Gasteiger partial charge in [-0.25, -0.2) is 0 Å². The van der Waals surface area contributed by atoms with Gasteiger partial charge in [-0.15, -0.1) is 0 Å². The van der Waals surface area contributed by atoms with Gasteiger partial charge in [-0.05, 0) is 19.8 Å². The normalized spacial score (nSPS) is 26.1. The van der Waals surface area contributed by atoms with Crippen molar-refractivity contribution in [2.24, 2.45) is 0 Å². The van der Waals surface area contributed by atoms with Crippen LogP contribution in [0.3, 0.4) is 0 Å². The summed E-state index contributed by atoms with van der Waals surface area (Å²) in [7, 11) is 0. The first-order chi connectivity index (χ1) is 12.6. The van der Waals surface area contributed by atoms with Crippen LogP contribution in [0.4, 0.5) is 0 Å². The standard InChI is InChI=1S/C18H31N3O5/c1-15(26-14-16-3-2-10-25-16)18(23)21-6-4-20(5-7-21)17(22)13-19-8-11-24-12-9-19/h15-16H,2-14H2,1H3. The lowest BCUT2D eigenvalue weighted by atomic mass is 10.2. The number of carbonyl (C=O) groups is 2. The van der Waals surface area contributed by atoms with E-state index < -0.39 is 6.10 Å². The van der Waals surface area contributed by atoms with E-state index in [9.17, 15) is 9.59 Å². The maximum absolute atomic E-state index is 12.5. The van der Waals surface area contributed by atoms with Crippen LogP contribution in [0.25, 0.3) is 0 Å². The SMILES string of the molecule is CC(OCC1CCCO1)C(=O)N1CCN(C(=O)CN2CCOCC2)CC1. The number of morpholine rings is 1. The first kappa shape index (κ1) is 19.5. The number of amides is 2. The minimum atomic E-state index is -0.463. The molecule has 148 valence electrons. The maximum atomic E-state index is 12.5. The molecule has 2 atom stereocenters. The average Bonchev–Trinajstić information content (AvgIpc) is 3.20. The third-order valence-electron chi connectivity index (χ3n) is 5.31. The van der Waals surface area contributed by atoms with Crippen LogP contribution >= 0.6 is 0 Å². The first-order valence-electron chi connectivity index (χ1n) is 9.73. The van der Waals surface area contributed by atoms with Gasteiger partial charge >= 0.3 is 0 Å².